The zero-order valence-electron chi connectivity index (χ0n) is 9.95. The SMILES string of the molecule is CN1CCC[C@@H](C(=O)Nc2ccc(F)cc2)C1. The number of likely N-dealkylation sites (tertiary alicyclic amines) is 1. The first-order valence-electron chi connectivity index (χ1n) is 5.90. The molecule has 0 aromatic heterocycles. The number of carbonyl (C=O) groups is 1. The van der Waals surface area contributed by atoms with Gasteiger partial charge in [0.1, 0.15) is 5.82 Å². The summed E-state index contributed by atoms with van der Waals surface area (Å²) in [5, 5.41) is 2.83. The van der Waals surface area contributed by atoms with E-state index in [1.807, 2.05) is 7.05 Å². The van der Waals surface area contributed by atoms with Crippen LogP contribution >= 0.6 is 0 Å². The number of rotatable bonds is 2. The lowest BCUT2D eigenvalue weighted by Crippen LogP contribution is -2.38. The van der Waals surface area contributed by atoms with Crippen LogP contribution in [0.4, 0.5) is 10.1 Å². The summed E-state index contributed by atoms with van der Waals surface area (Å²) in [7, 11) is 2.03. The molecule has 0 bridgehead atoms. The number of benzene rings is 1. The van der Waals surface area contributed by atoms with E-state index in [2.05, 4.69) is 10.2 Å². The molecule has 3 nitrogen and oxygen atoms in total. The monoisotopic (exact) mass is 236 g/mol. The number of hydrogen-bond acceptors (Lipinski definition) is 2. The van der Waals surface area contributed by atoms with Crippen LogP contribution in [0.3, 0.4) is 0 Å². The third kappa shape index (κ3) is 3.27. The molecule has 1 atom stereocenters. The van der Waals surface area contributed by atoms with Crippen molar-refractivity contribution in [3.8, 4) is 0 Å². The van der Waals surface area contributed by atoms with Crippen molar-refractivity contribution in [3.63, 3.8) is 0 Å². The molecule has 0 spiro atoms. The molecule has 1 aliphatic heterocycles. The largest absolute Gasteiger partial charge is 0.326 e. The Kier molecular flexibility index (Phi) is 3.74. The fraction of sp³-hybridized carbons (Fsp3) is 0.462. The number of nitrogens with one attached hydrogen (secondary N) is 1. The van der Waals surface area contributed by atoms with Crippen LogP contribution in [0, 0.1) is 11.7 Å². The normalized spacial score (nSPS) is 21.2. The van der Waals surface area contributed by atoms with Crippen LogP contribution in [0.15, 0.2) is 24.3 Å². The number of piperidine rings is 1. The van der Waals surface area contributed by atoms with Crippen LogP contribution in [0.2, 0.25) is 0 Å². The van der Waals surface area contributed by atoms with Crippen LogP contribution in [0.1, 0.15) is 12.8 Å². The number of nitrogens with zero attached hydrogens (tertiary/aromatic N) is 1. The average Bonchev–Trinajstić information content (AvgIpc) is 2.32. The third-order valence-electron chi connectivity index (χ3n) is 3.11. The second kappa shape index (κ2) is 5.27. The quantitative estimate of drug-likeness (QED) is 0.853. The van der Waals surface area contributed by atoms with Crippen LogP contribution in [-0.4, -0.2) is 30.9 Å². The Morgan fingerprint density at radius 3 is 2.76 bits per heavy atom. The average molecular weight is 236 g/mol. The van der Waals surface area contributed by atoms with E-state index in [1.54, 1.807) is 12.1 Å². The Labute approximate surface area is 101 Å². The van der Waals surface area contributed by atoms with Gasteiger partial charge in [-0.05, 0) is 50.7 Å². The third-order valence-corrected chi connectivity index (χ3v) is 3.11. The first kappa shape index (κ1) is 12.0. The van der Waals surface area contributed by atoms with Gasteiger partial charge in [-0.3, -0.25) is 4.79 Å². The highest BCUT2D eigenvalue weighted by Gasteiger charge is 2.23. The van der Waals surface area contributed by atoms with Gasteiger partial charge in [-0.25, -0.2) is 4.39 Å². The Balaban J connectivity index is 1.94. The zero-order valence-corrected chi connectivity index (χ0v) is 9.95. The van der Waals surface area contributed by atoms with E-state index in [4.69, 9.17) is 0 Å². The molecule has 4 heteroatoms. The van der Waals surface area contributed by atoms with Gasteiger partial charge >= 0.3 is 0 Å². The second-order valence-electron chi connectivity index (χ2n) is 4.60. The van der Waals surface area contributed by atoms with Gasteiger partial charge in [0.15, 0.2) is 0 Å². The summed E-state index contributed by atoms with van der Waals surface area (Å²) in [6, 6.07) is 5.87. The molecule has 1 aromatic rings. The lowest BCUT2D eigenvalue weighted by atomic mass is 9.97. The molecule has 17 heavy (non-hydrogen) atoms. The van der Waals surface area contributed by atoms with Crippen LogP contribution < -0.4 is 5.32 Å². The van der Waals surface area contributed by atoms with Crippen LogP contribution in [0.25, 0.3) is 0 Å². The molecule has 1 fully saturated rings. The predicted octanol–water partition coefficient (Wildman–Crippen LogP) is 2.11. The molecule has 1 amide bonds. The van der Waals surface area contributed by atoms with E-state index >= 15 is 0 Å². The van der Waals surface area contributed by atoms with Gasteiger partial charge in [-0.15, -0.1) is 0 Å². The van der Waals surface area contributed by atoms with Gasteiger partial charge in [-0.2, -0.15) is 0 Å². The van der Waals surface area contributed by atoms with Gasteiger partial charge in [-0.1, -0.05) is 0 Å². The first-order chi connectivity index (χ1) is 8.15. The van der Waals surface area contributed by atoms with Crippen molar-refractivity contribution in [2.45, 2.75) is 12.8 Å². The van der Waals surface area contributed by atoms with Crippen molar-refractivity contribution in [2.24, 2.45) is 5.92 Å². The smallest absolute Gasteiger partial charge is 0.228 e. The standard InChI is InChI=1S/C13H17FN2O/c1-16-8-2-3-10(9-16)13(17)15-12-6-4-11(14)5-7-12/h4-7,10H,2-3,8-9H2,1H3,(H,15,17)/t10-/m1/s1. The van der Waals surface area contributed by atoms with Gasteiger partial charge < -0.3 is 10.2 Å². The zero-order chi connectivity index (χ0) is 12.3. The molecule has 2 rings (SSSR count). The highest BCUT2D eigenvalue weighted by Crippen LogP contribution is 2.17. The molecule has 0 radical (unpaired) electrons. The molecule has 1 saturated heterocycles. The molecular weight excluding hydrogens is 219 g/mol. The summed E-state index contributed by atoms with van der Waals surface area (Å²) in [6.07, 6.45) is 1.98. The molecule has 1 heterocycles. The van der Waals surface area contributed by atoms with Gasteiger partial charge in [0.2, 0.25) is 5.91 Å². The molecule has 1 aromatic carbocycles. The van der Waals surface area contributed by atoms with E-state index < -0.39 is 0 Å². The summed E-state index contributed by atoms with van der Waals surface area (Å²) in [4.78, 5) is 14.1. The van der Waals surface area contributed by atoms with Gasteiger partial charge in [0, 0.05) is 12.2 Å². The highest BCUT2D eigenvalue weighted by atomic mass is 19.1. The summed E-state index contributed by atoms with van der Waals surface area (Å²) in [5.74, 6) is -0.220. The predicted molar refractivity (Wildman–Crippen MR) is 65.3 cm³/mol. The fourth-order valence-corrected chi connectivity index (χ4v) is 2.16. The first-order valence-corrected chi connectivity index (χ1v) is 5.90. The van der Waals surface area contributed by atoms with Crippen molar-refractivity contribution in [3.05, 3.63) is 30.1 Å². The second-order valence-corrected chi connectivity index (χ2v) is 4.60. The Bertz CT molecular complexity index is 391. The molecule has 1 N–H and O–H groups in total. The minimum absolute atomic E-state index is 0.0307. The van der Waals surface area contributed by atoms with Crippen LogP contribution in [0.5, 0.6) is 0 Å². The Morgan fingerprint density at radius 1 is 1.41 bits per heavy atom. The van der Waals surface area contributed by atoms with E-state index in [0.717, 1.165) is 25.9 Å². The highest BCUT2D eigenvalue weighted by molar-refractivity contribution is 5.92. The number of hydrogen-bond donors (Lipinski definition) is 1. The lowest BCUT2D eigenvalue weighted by molar-refractivity contribution is -0.121. The minimum Gasteiger partial charge on any atom is -0.326 e. The van der Waals surface area contributed by atoms with Crippen molar-refractivity contribution in [1.29, 1.82) is 0 Å². The lowest BCUT2D eigenvalue weighted by Gasteiger charge is -2.28. The maximum atomic E-state index is 12.7. The Hall–Kier alpha value is -1.42. The molecular formula is C13H17FN2O. The number of anilines is 1. The fourth-order valence-electron chi connectivity index (χ4n) is 2.16. The van der Waals surface area contributed by atoms with Crippen molar-refractivity contribution in [2.75, 3.05) is 25.5 Å². The van der Waals surface area contributed by atoms with E-state index in [9.17, 15) is 9.18 Å². The van der Waals surface area contributed by atoms with Gasteiger partial charge in [0.05, 0.1) is 5.92 Å². The molecule has 0 aliphatic carbocycles. The van der Waals surface area contributed by atoms with E-state index in [1.165, 1.54) is 12.1 Å². The molecule has 0 unspecified atom stereocenters. The topological polar surface area (TPSA) is 32.3 Å². The molecule has 0 saturated carbocycles. The summed E-state index contributed by atoms with van der Waals surface area (Å²) in [5.41, 5.74) is 0.657. The minimum atomic E-state index is -0.291. The van der Waals surface area contributed by atoms with Crippen molar-refractivity contribution in [1.82, 2.24) is 4.90 Å². The maximum Gasteiger partial charge on any atom is 0.228 e. The summed E-state index contributed by atoms with van der Waals surface area (Å²) < 4.78 is 12.7. The number of amides is 1. The summed E-state index contributed by atoms with van der Waals surface area (Å²) >= 11 is 0. The molecule has 1 aliphatic rings. The number of halogens is 1. The van der Waals surface area contributed by atoms with Gasteiger partial charge in [0.25, 0.3) is 0 Å². The summed E-state index contributed by atoms with van der Waals surface area (Å²) in [6.45, 7) is 1.85. The maximum absolute atomic E-state index is 12.7. The van der Waals surface area contributed by atoms with Crippen LogP contribution in [-0.2, 0) is 4.79 Å². The van der Waals surface area contributed by atoms with E-state index in [0.29, 0.717) is 5.69 Å². The van der Waals surface area contributed by atoms with E-state index in [-0.39, 0.29) is 17.6 Å². The number of carbonyl (C=O) groups excluding carboxylic acids is 1. The Morgan fingerprint density at radius 2 is 2.12 bits per heavy atom. The van der Waals surface area contributed by atoms with Crippen molar-refractivity contribution < 1.29 is 9.18 Å². The molecule has 92 valence electrons. The van der Waals surface area contributed by atoms with Crippen molar-refractivity contribution >= 4 is 11.6 Å².